The number of anilines is 1. The Morgan fingerprint density at radius 3 is 2.50 bits per heavy atom. The molecule has 1 heterocycles. The summed E-state index contributed by atoms with van der Waals surface area (Å²) in [5.74, 6) is -0.411. The Hall–Kier alpha value is -2.15. The van der Waals surface area contributed by atoms with E-state index in [1.165, 1.54) is 6.07 Å². The molecule has 7 nitrogen and oxygen atoms in total. The molecule has 2 rings (SSSR count). The molecule has 1 fully saturated rings. The maximum Gasteiger partial charge on any atom is 0.293 e. The van der Waals surface area contributed by atoms with Crippen molar-refractivity contribution in [3.8, 4) is 0 Å². The lowest BCUT2D eigenvalue weighted by Gasteiger charge is -2.25. The normalized spacial score (nSPS) is 14.7. The van der Waals surface area contributed by atoms with Crippen molar-refractivity contribution in [3.05, 3.63) is 33.9 Å². The van der Waals surface area contributed by atoms with Gasteiger partial charge in [0.2, 0.25) is 0 Å². The third kappa shape index (κ3) is 4.03. The first kappa shape index (κ1) is 18.2. The summed E-state index contributed by atoms with van der Waals surface area (Å²) in [6.07, 6.45) is 3.09. The maximum absolute atomic E-state index is 12.3. The van der Waals surface area contributed by atoms with Crippen LogP contribution in [0, 0.1) is 10.1 Å². The van der Waals surface area contributed by atoms with Crippen LogP contribution in [0.5, 0.6) is 0 Å². The van der Waals surface area contributed by atoms with Gasteiger partial charge in [0.05, 0.1) is 10.5 Å². The Morgan fingerprint density at radius 2 is 1.96 bits per heavy atom. The van der Waals surface area contributed by atoms with Crippen LogP contribution in [0.15, 0.2) is 18.2 Å². The van der Waals surface area contributed by atoms with Crippen LogP contribution in [-0.4, -0.2) is 41.2 Å². The van der Waals surface area contributed by atoms with Gasteiger partial charge in [-0.2, -0.15) is 0 Å². The molecule has 7 heteroatoms. The molecule has 1 aliphatic heterocycles. The van der Waals surface area contributed by atoms with Gasteiger partial charge < -0.3 is 15.3 Å². The molecule has 1 aliphatic rings. The van der Waals surface area contributed by atoms with Crippen molar-refractivity contribution < 1.29 is 14.8 Å². The Morgan fingerprint density at radius 1 is 1.33 bits per heavy atom. The summed E-state index contributed by atoms with van der Waals surface area (Å²) in [7, 11) is 0. The van der Waals surface area contributed by atoms with Gasteiger partial charge in [-0.05, 0) is 37.8 Å². The summed E-state index contributed by atoms with van der Waals surface area (Å²) < 4.78 is 0. The predicted molar refractivity (Wildman–Crippen MR) is 92.4 cm³/mol. The van der Waals surface area contributed by atoms with E-state index in [1.54, 1.807) is 12.1 Å². The molecule has 2 N–H and O–H groups in total. The number of rotatable bonds is 7. The lowest BCUT2D eigenvalue weighted by Crippen LogP contribution is -2.42. The van der Waals surface area contributed by atoms with Gasteiger partial charge in [-0.15, -0.1) is 0 Å². The molecular formula is C17H25N3O4. The van der Waals surface area contributed by atoms with E-state index in [9.17, 15) is 20.0 Å². The monoisotopic (exact) mass is 335 g/mol. The first-order chi connectivity index (χ1) is 11.4. The highest BCUT2D eigenvalue weighted by molar-refractivity contribution is 5.95. The second kappa shape index (κ2) is 7.61. The highest BCUT2D eigenvalue weighted by Gasteiger charge is 2.26. The summed E-state index contributed by atoms with van der Waals surface area (Å²) in [6.45, 7) is 5.43. The molecule has 24 heavy (non-hydrogen) atoms. The number of amides is 1. The minimum absolute atomic E-state index is 0.0502. The Labute approximate surface area is 141 Å². The fraction of sp³-hybridized carbons (Fsp3) is 0.588. The molecule has 0 aliphatic carbocycles. The number of nitro benzene ring substituents is 1. The molecular weight excluding hydrogens is 310 g/mol. The molecule has 0 bridgehead atoms. The molecule has 0 unspecified atom stereocenters. The third-order valence-electron chi connectivity index (χ3n) is 4.78. The number of carbonyl (C=O) groups is 1. The number of hydrogen-bond acceptors (Lipinski definition) is 5. The van der Waals surface area contributed by atoms with Crippen molar-refractivity contribution >= 4 is 17.3 Å². The smallest absolute Gasteiger partial charge is 0.293 e. The predicted octanol–water partition coefficient (Wildman–Crippen LogP) is 2.48. The van der Waals surface area contributed by atoms with Gasteiger partial charge in [0.1, 0.15) is 5.69 Å². The Balaban J connectivity index is 2.17. The number of aliphatic hydroxyl groups is 1. The van der Waals surface area contributed by atoms with Gasteiger partial charge in [0, 0.05) is 31.3 Å². The number of nitro groups is 1. The average Bonchev–Trinajstić information content (AvgIpc) is 3.13. The second-order valence-corrected chi connectivity index (χ2v) is 6.27. The van der Waals surface area contributed by atoms with Crippen molar-refractivity contribution in [3.63, 3.8) is 0 Å². The molecule has 132 valence electrons. The molecule has 0 saturated carbocycles. The van der Waals surface area contributed by atoms with Crippen LogP contribution in [0.25, 0.3) is 0 Å². The van der Waals surface area contributed by atoms with Crippen molar-refractivity contribution in [2.24, 2.45) is 0 Å². The first-order valence-electron chi connectivity index (χ1n) is 8.44. The molecule has 1 aromatic carbocycles. The molecule has 0 aromatic heterocycles. The summed E-state index contributed by atoms with van der Waals surface area (Å²) in [4.78, 5) is 25.2. The summed E-state index contributed by atoms with van der Waals surface area (Å²) in [5, 5.41) is 24.3. The van der Waals surface area contributed by atoms with E-state index in [4.69, 9.17) is 0 Å². The van der Waals surface area contributed by atoms with E-state index in [2.05, 4.69) is 5.32 Å². The van der Waals surface area contributed by atoms with Crippen LogP contribution in [0.3, 0.4) is 0 Å². The number of hydrogen-bond donors (Lipinski definition) is 2. The SMILES string of the molecule is CCC(O)(CC)CNC(=O)c1ccc(N2CCCC2)c([N+](=O)[O-])c1. The molecule has 1 amide bonds. The lowest BCUT2D eigenvalue weighted by molar-refractivity contribution is -0.384. The van der Waals surface area contributed by atoms with Crippen molar-refractivity contribution in [2.45, 2.75) is 45.1 Å². The third-order valence-corrected chi connectivity index (χ3v) is 4.78. The van der Waals surface area contributed by atoms with Gasteiger partial charge in [-0.3, -0.25) is 14.9 Å². The lowest BCUT2D eigenvalue weighted by atomic mass is 9.97. The minimum atomic E-state index is -0.947. The largest absolute Gasteiger partial charge is 0.388 e. The zero-order chi connectivity index (χ0) is 17.7. The molecule has 0 spiro atoms. The van der Waals surface area contributed by atoms with E-state index in [1.807, 2.05) is 18.7 Å². The van der Waals surface area contributed by atoms with Gasteiger partial charge >= 0.3 is 0 Å². The maximum atomic E-state index is 12.3. The fourth-order valence-corrected chi connectivity index (χ4v) is 2.88. The van der Waals surface area contributed by atoms with Crippen LogP contribution in [0.1, 0.15) is 49.9 Å². The minimum Gasteiger partial charge on any atom is -0.388 e. The van der Waals surface area contributed by atoms with Gasteiger partial charge in [-0.25, -0.2) is 0 Å². The van der Waals surface area contributed by atoms with Crippen molar-refractivity contribution in [2.75, 3.05) is 24.5 Å². The highest BCUT2D eigenvalue weighted by Crippen LogP contribution is 2.31. The number of nitrogens with zero attached hydrogens (tertiary/aromatic N) is 2. The quantitative estimate of drug-likeness (QED) is 0.589. The standard InChI is InChI=1S/C17H25N3O4/c1-3-17(22,4-2)12-18-16(21)13-7-8-14(15(11-13)20(23)24)19-9-5-6-10-19/h7-8,11,22H,3-6,9-10,12H2,1-2H3,(H,18,21). The van der Waals surface area contributed by atoms with Gasteiger partial charge in [0.25, 0.3) is 11.6 Å². The number of nitrogens with one attached hydrogen (secondary N) is 1. The van der Waals surface area contributed by atoms with Crippen molar-refractivity contribution in [1.82, 2.24) is 5.32 Å². The summed E-state index contributed by atoms with van der Waals surface area (Å²) in [5.41, 5.74) is -0.199. The number of benzene rings is 1. The van der Waals surface area contributed by atoms with Crippen LogP contribution in [0.4, 0.5) is 11.4 Å². The van der Waals surface area contributed by atoms with E-state index in [-0.39, 0.29) is 17.8 Å². The van der Waals surface area contributed by atoms with Crippen molar-refractivity contribution in [1.29, 1.82) is 0 Å². The first-order valence-corrected chi connectivity index (χ1v) is 8.44. The molecule has 1 aromatic rings. The van der Waals surface area contributed by atoms with E-state index in [0.717, 1.165) is 25.9 Å². The zero-order valence-corrected chi connectivity index (χ0v) is 14.2. The van der Waals surface area contributed by atoms with E-state index < -0.39 is 16.4 Å². The fourth-order valence-electron chi connectivity index (χ4n) is 2.88. The number of carbonyl (C=O) groups excluding carboxylic acids is 1. The molecule has 1 saturated heterocycles. The Bertz CT molecular complexity index is 608. The second-order valence-electron chi connectivity index (χ2n) is 6.27. The zero-order valence-electron chi connectivity index (χ0n) is 14.2. The van der Waals surface area contributed by atoms with Gasteiger partial charge in [-0.1, -0.05) is 13.8 Å². The highest BCUT2D eigenvalue weighted by atomic mass is 16.6. The van der Waals surface area contributed by atoms with Crippen LogP contribution in [0.2, 0.25) is 0 Å². The van der Waals surface area contributed by atoms with Crippen LogP contribution in [-0.2, 0) is 0 Å². The van der Waals surface area contributed by atoms with E-state index in [0.29, 0.717) is 18.5 Å². The Kier molecular flexibility index (Phi) is 5.77. The van der Waals surface area contributed by atoms with Crippen LogP contribution < -0.4 is 10.2 Å². The molecule has 0 radical (unpaired) electrons. The molecule has 0 atom stereocenters. The van der Waals surface area contributed by atoms with E-state index >= 15 is 0 Å². The van der Waals surface area contributed by atoms with Crippen LogP contribution >= 0.6 is 0 Å². The average molecular weight is 335 g/mol. The summed E-state index contributed by atoms with van der Waals surface area (Å²) >= 11 is 0. The van der Waals surface area contributed by atoms with Gasteiger partial charge in [0.15, 0.2) is 0 Å². The topological polar surface area (TPSA) is 95.7 Å². The summed E-state index contributed by atoms with van der Waals surface area (Å²) in [6, 6.07) is 4.57.